The summed E-state index contributed by atoms with van der Waals surface area (Å²) in [5.41, 5.74) is 1.19. The van der Waals surface area contributed by atoms with Gasteiger partial charge < -0.3 is 18.7 Å². The second kappa shape index (κ2) is 10.9. The van der Waals surface area contributed by atoms with Crippen LogP contribution in [0.2, 0.25) is 0 Å². The number of amides is 1. The van der Waals surface area contributed by atoms with Crippen LogP contribution in [0.25, 0.3) is 11.4 Å². The second-order valence-corrected chi connectivity index (χ2v) is 9.30. The molecule has 0 spiro atoms. The Morgan fingerprint density at radius 1 is 1.03 bits per heavy atom. The topological polar surface area (TPSA) is 133 Å². The summed E-state index contributed by atoms with van der Waals surface area (Å²) in [5.74, 6) is 1.29. The van der Waals surface area contributed by atoms with Crippen molar-refractivity contribution in [2.45, 2.75) is 0 Å². The molecule has 1 aliphatic rings. The van der Waals surface area contributed by atoms with Crippen molar-refractivity contribution in [1.82, 2.24) is 14.9 Å². The van der Waals surface area contributed by atoms with Crippen LogP contribution in [-0.2, 0) is 10.4 Å². The number of quaternary nitrogens is 1. The lowest BCUT2D eigenvalue weighted by Gasteiger charge is -2.38. The van der Waals surface area contributed by atoms with E-state index in [4.69, 9.17) is 22.3 Å². The number of halogens is 1. The second-order valence-electron chi connectivity index (χ2n) is 8.45. The summed E-state index contributed by atoms with van der Waals surface area (Å²) in [6.07, 6.45) is 1.61. The molecule has 0 aliphatic carbocycles. The number of benzene rings is 2. The van der Waals surface area contributed by atoms with E-state index < -0.39 is 10.4 Å². The Morgan fingerprint density at radius 2 is 1.54 bits per heavy atom. The Balaban J connectivity index is 0.000000623. The Kier molecular flexibility index (Phi) is 8.12. The van der Waals surface area contributed by atoms with Gasteiger partial charge in [0.1, 0.15) is 23.0 Å². The molecule has 10 nitrogen and oxygen atoms in total. The molecule has 2 heterocycles. The number of likely N-dealkylation sites (N-methyl/N-ethyl adjacent to an activating group) is 1. The van der Waals surface area contributed by atoms with Gasteiger partial charge in [-0.05, 0) is 54.6 Å². The molecule has 0 atom stereocenters. The number of hydrogen-bond acceptors (Lipinski definition) is 7. The first-order valence-corrected chi connectivity index (χ1v) is 11.9. The Labute approximate surface area is 202 Å². The Hall–Kier alpha value is -3.45. The van der Waals surface area contributed by atoms with Crippen LogP contribution in [-0.4, -0.2) is 83.1 Å². The molecule has 1 aliphatic heterocycles. The minimum absolute atomic E-state index is 0.0605. The zero-order chi connectivity index (χ0) is 25.6. The van der Waals surface area contributed by atoms with Crippen LogP contribution in [0, 0.1) is 5.82 Å². The monoisotopic (exact) mass is 504 g/mol. The summed E-state index contributed by atoms with van der Waals surface area (Å²) in [6.45, 7) is 3.31. The smallest absolute Gasteiger partial charge is 0.273 e. The van der Waals surface area contributed by atoms with Crippen molar-refractivity contribution in [3.63, 3.8) is 0 Å². The van der Waals surface area contributed by atoms with Gasteiger partial charge in [0, 0.05) is 11.8 Å². The van der Waals surface area contributed by atoms with Gasteiger partial charge in [-0.2, -0.15) is 0 Å². The normalized spacial score (nSPS) is 15.1. The molecule has 1 saturated heterocycles. The zero-order valence-corrected chi connectivity index (χ0v) is 20.0. The fourth-order valence-corrected chi connectivity index (χ4v) is 3.30. The summed E-state index contributed by atoms with van der Waals surface area (Å²) < 4.78 is 52.5. The largest absolute Gasteiger partial charge is 0.726 e. The first kappa shape index (κ1) is 26.2. The molecule has 35 heavy (non-hydrogen) atoms. The highest BCUT2D eigenvalue weighted by Crippen LogP contribution is 2.24. The maximum absolute atomic E-state index is 13.0. The van der Waals surface area contributed by atoms with Crippen molar-refractivity contribution in [2.75, 3.05) is 40.3 Å². The summed E-state index contributed by atoms with van der Waals surface area (Å²) >= 11 is 0. The molecule has 1 amide bonds. The fraction of sp³-hybridized carbons (Fsp3) is 0.261. The lowest BCUT2D eigenvalue weighted by molar-refractivity contribution is -0.894. The minimum Gasteiger partial charge on any atom is -0.726 e. The number of rotatable bonds is 4. The minimum atomic E-state index is -4.92. The number of carbonyl (C=O) groups excluding carboxylic acids is 1. The van der Waals surface area contributed by atoms with Gasteiger partial charge in [-0.3, -0.25) is 9.35 Å². The molecule has 186 valence electrons. The molecular formula is C23H25FN4O6S. The number of ether oxygens (including phenoxy) is 1. The molecule has 1 aromatic heterocycles. The highest BCUT2D eigenvalue weighted by Gasteiger charge is 2.28. The van der Waals surface area contributed by atoms with Crippen molar-refractivity contribution < 1.29 is 35.9 Å². The fourth-order valence-electron chi connectivity index (χ4n) is 3.30. The van der Waals surface area contributed by atoms with Crippen molar-refractivity contribution >= 4 is 16.3 Å². The third-order valence-electron chi connectivity index (χ3n) is 5.27. The average Bonchev–Trinajstić information content (AvgIpc) is 2.80. The van der Waals surface area contributed by atoms with E-state index in [0.717, 1.165) is 36.2 Å². The molecule has 1 fully saturated rings. The van der Waals surface area contributed by atoms with Crippen LogP contribution < -0.4 is 4.74 Å². The molecule has 4 rings (SSSR count). The highest BCUT2D eigenvalue weighted by atomic mass is 32.3. The van der Waals surface area contributed by atoms with E-state index in [0.29, 0.717) is 23.0 Å². The number of aromatic nitrogens is 2. The molecule has 12 heteroatoms. The SMILES string of the molecule is C[N+]1(C)CCN(C(=O)c2ccnc(-c3ccc(Oc4ccc(F)cc4)cc3)n2)CC1.O=S(=O)([O-])O. The van der Waals surface area contributed by atoms with Crippen molar-refractivity contribution in [3.8, 4) is 22.9 Å². The standard InChI is InChI=1S/C23H24FN4O2.H2O4S/c1-28(2)15-13-27(14-16-28)23(29)21-11-12-25-22(26-21)17-3-7-19(8-4-17)30-20-9-5-18(24)6-10-20;1-5(2,3)4/h3-12H,13-16H2,1-2H3;(H2,1,2,3,4)/q+1;/p-1. The third kappa shape index (κ3) is 8.37. The van der Waals surface area contributed by atoms with Gasteiger partial charge in [-0.25, -0.2) is 22.8 Å². The van der Waals surface area contributed by atoms with Gasteiger partial charge in [0.05, 0.1) is 40.3 Å². The average molecular weight is 505 g/mol. The molecule has 0 bridgehead atoms. The van der Waals surface area contributed by atoms with E-state index in [1.54, 1.807) is 36.5 Å². The lowest BCUT2D eigenvalue weighted by atomic mass is 10.2. The summed E-state index contributed by atoms with van der Waals surface area (Å²) in [4.78, 5) is 23.5. The number of hydrogen-bond donors (Lipinski definition) is 1. The summed E-state index contributed by atoms with van der Waals surface area (Å²) in [5, 5.41) is 0. The molecule has 0 unspecified atom stereocenters. The van der Waals surface area contributed by atoms with E-state index in [1.807, 2.05) is 17.0 Å². The van der Waals surface area contributed by atoms with Gasteiger partial charge in [0.15, 0.2) is 5.82 Å². The Bertz CT molecular complexity index is 1250. The molecule has 0 radical (unpaired) electrons. The van der Waals surface area contributed by atoms with E-state index in [1.165, 1.54) is 12.1 Å². The van der Waals surface area contributed by atoms with Crippen LogP contribution in [0.3, 0.4) is 0 Å². The quantitative estimate of drug-likeness (QED) is 0.326. The van der Waals surface area contributed by atoms with Crippen LogP contribution >= 0.6 is 0 Å². The molecular weight excluding hydrogens is 479 g/mol. The number of piperazine rings is 1. The van der Waals surface area contributed by atoms with E-state index in [9.17, 15) is 9.18 Å². The molecule has 3 aromatic rings. The van der Waals surface area contributed by atoms with Crippen molar-refractivity contribution in [2.24, 2.45) is 0 Å². The maximum Gasteiger partial charge on any atom is 0.273 e. The van der Waals surface area contributed by atoms with Gasteiger partial charge in [-0.1, -0.05) is 0 Å². The van der Waals surface area contributed by atoms with E-state index in [2.05, 4.69) is 24.1 Å². The lowest BCUT2D eigenvalue weighted by Crippen LogP contribution is -2.56. The molecule has 2 aromatic carbocycles. The third-order valence-corrected chi connectivity index (χ3v) is 5.27. The molecule has 1 N–H and O–H groups in total. The van der Waals surface area contributed by atoms with E-state index in [-0.39, 0.29) is 11.7 Å². The number of nitrogens with zero attached hydrogens (tertiary/aromatic N) is 4. The maximum atomic E-state index is 13.0. The van der Waals surface area contributed by atoms with Gasteiger partial charge in [0.25, 0.3) is 5.91 Å². The Morgan fingerprint density at radius 3 is 2.09 bits per heavy atom. The van der Waals surface area contributed by atoms with Crippen LogP contribution in [0.1, 0.15) is 10.5 Å². The van der Waals surface area contributed by atoms with Gasteiger partial charge in [0.2, 0.25) is 10.4 Å². The van der Waals surface area contributed by atoms with Crippen LogP contribution in [0.4, 0.5) is 4.39 Å². The summed E-state index contributed by atoms with van der Waals surface area (Å²) in [7, 11) is -0.567. The van der Waals surface area contributed by atoms with Crippen LogP contribution in [0.15, 0.2) is 60.8 Å². The van der Waals surface area contributed by atoms with E-state index >= 15 is 0 Å². The zero-order valence-electron chi connectivity index (χ0n) is 19.2. The van der Waals surface area contributed by atoms with Crippen LogP contribution in [0.5, 0.6) is 11.5 Å². The van der Waals surface area contributed by atoms with Crippen molar-refractivity contribution in [1.29, 1.82) is 0 Å². The predicted octanol–water partition coefficient (Wildman–Crippen LogP) is 2.61. The highest BCUT2D eigenvalue weighted by molar-refractivity contribution is 7.79. The summed E-state index contributed by atoms with van der Waals surface area (Å²) in [6, 6.07) is 14.8. The van der Waals surface area contributed by atoms with Gasteiger partial charge >= 0.3 is 0 Å². The molecule has 0 saturated carbocycles. The first-order valence-electron chi connectivity index (χ1n) is 10.6. The van der Waals surface area contributed by atoms with Gasteiger partial charge in [-0.15, -0.1) is 0 Å². The number of carbonyl (C=O) groups is 1. The predicted molar refractivity (Wildman–Crippen MR) is 124 cm³/mol. The van der Waals surface area contributed by atoms with Crippen molar-refractivity contribution in [3.05, 3.63) is 72.3 Å². The first-order chi connectivity index (χ1) is 16.4.